The number of amides is 1. The minimum atomic E-state index is -1.88. The Hall–Kier alpha value is -1.45. The molecule has 1 N–H and O–H groups in total. The molecule has 1 atom stereocenters. The Morgan fingerprint density at radius 1 is 1.53 bits per heavy atom. The van der Waals surface area contributed by atoms with E-state index in [1.165, 1.54) is 6.92 Å². The zero-order valence-electron chi connectivity index (χ0n) is 9.12. The van der Waals surface area contributed by atoms with Crippen LogP contribution in [-0.4, -0.2) is 16.6 Å². The van der Waals surface area contributed by atoms with Crippen molar-refractivity contribution in [3.8, 4) is 0 Å². The van der Waals surface area contributed by atoms with Crippen molar-refractivity contribution in [1.82, 2.24) is 4.98 Å². The topological polar surface area (TPSA) is 42.0 Å². The summed E-state index contributed by atoms with van der Waals surface area (Å²) in [6, 6.07) is 5.08. The van der Waals surface area contributed by atoms with Gasteiger partial charge in [-0.05, 0) is 25.0 Å². The predicted molar refractivity (Wildman–Crippen MR) is 57.2 cm³/mol. The Kier molecular flexibility index (Phi) is 3.39. The normalized spacial score (nSPS) is 14.7. The van der Waals surface area contributed by atoms with E-state index in [9.17, 15) is 9.18 Å². The van der Waals surface area contributed by atoms with E-state index in [4.69, 9.17) is 0 Å². The van der Waals surface area contributed by atoms with E-state index in [1.807, 2.05) is 0 Å². The molecule has 1 aromatic heterocycles. The van der Waals surface area contributed by atoms with Gasteiger partial charge in [0.1, 0.15) is 5.82 Å². The fourth-order valence-electron chi connectivity index (χ4n) is 0.937. The number of rotatable bonds is 3. The monoisotopic (exact) mass is 210 g/mol. The fourth-order valence-corrected chi connectivity index (χ4v) is 0.937. The second-order valence-corrected chi connectivity index (χ2v) is 3.90. The van der Waals surface area contributed by atoms with E-state index in [-0.39, 0.29) is 5.92 Å². The van der Waals surface area contributed by atoms with Gasteiger partial charge in [-0.15, -0.1) is 0 Å². The summed E-state index contributed by atoms with van der Waals surface area (Å²) in [5.74, 6) is -0.663. The lowest BCUT2D eigenvalue weighted by atomic mass is 9.93. The molecule has 0 saturated heterocycles. The smallest absolute Gasteiger partial charge is 0.263 e. The molecule has 4 heteroatoms. The van der Waals surface area contributed by atoms with Gasteiger partial charge in [-0.2, -0.15) is 0 Å². The van der Waals surface area contributed by atoms with E-state index in [2.05, 4.69) is 10.3 Å². The van der Waals surface area contributed by atoms with Gasteiger partial charge in [-0.1, -0.05) is 19.9 Å². The average Bonchev–Trinajstić information content (AvgIpc) is 2.18. The van der Waals surface area contributed by atoms with Crippen LogP contribution in [0.5, 0.6) is 0 Å². The Morgan fingerprint density at radius 2 is 2.20 bits per heavy atom. The Balaban J connectivity index is 2.72. The highest BCUT2D eigenvalue weighted by Crippen LogP contribution is 2.22. The molecule has 3 nitrogen and oxygen atoms in total. The summed E-state index contributed by atoms with van der Waals surface area (Å²) in [7, 11) is 0. The molecular weight excluding hydrogens is 195 g/mol. The fraction of sp³-hybridized carbons (Fsp3) is 0.455. The van der Waals surface area contributed by atoms with Crippen LogP contribution in [0, 0.1) is 5.92 Å². The van der Waals surface area contributed by atoms with Crippen LogP contribution < -0.4 is 5.32 Å². The second-order valence-electron chi connectivity index (χ2n) is 3.90. The summed E-state index contributed by atoms with van der Waals surface area (Å²) < 4.78 is 13.9. The highest BCUT2D eigenvalue weighted by atomic mass is 19.1. The lowest BCUT2D eigenvalue weighted by Gasteiger charge is -2.22. The molecule has 1 rings (SSSR count). The third-order valence-corrected chi connectivity index (χ3v) is 2.43. The van der Waals surface area contributed by atoms with Crippen molar-refractivity contribution in [2.45, 2.75) is 26.4 Å². The van der Waals surface area contributed by atoms with E-state index < -0.39 is 11.6 Å². The van der Waals surface area contributed by atoms with Crippen molar-refractivity contribution in [2.24, 2.45) is 5.92 Å². The summed E-state index contributed by atoms with van der Waals surface area (Å²) in [4.78, 5) is 15.4. The van der Waals surface area contributed by atoms with Gasteiger partial charge in [-0.25, -0.2) is 9.37 Å². The molecule has 1 amide bonds. The molecule has 1 unspecified atom stereocenters. The molecule has 0 saturated carbocycles. The van der Waals surface area contributed by atoms with Crippen molar-refractivity contribution in [3.63, 3.8) is 0 Å². The lowest BCUT2D eigenvalue weighted by molar-refractivity contribution is -0.128. The number of hydrogen-bond donors (Lipinski definition) is 1. The van der Waals surface area contributed by atoms with Crippen molar-refractivity contribution < 1.29 is 9.18 Å². The quantitative estimate of drug-likeness (QED) is 0.832. The Morgan fingerprint density at radius 3 is 2.67 bits per heavy atom. The van der Waals surface area contributed by atoms with Crippen LogP contribution in [0.2, 0.25) is 0 Å². The maximum Gasteiger partial charge on any atom is 0.263 e. The number of alkyl halides is 1. The molecule has 0 spiro atoms. The van der Waals surface area contributed by atoms with Gasteiger partial charge in [0, 0.05) is 6.20 Å². The zero-order valence-corrected chi connectivity index (χ0v) is 9.12. The molecule has 82 valence electrons. The zero-order chi connectivity index (χ0) is 11.5. The molecule has 1 heterocycles. The SMILES string of the molecule is CC(C)C(C)(F)C(=O)Nc1ccccn1. The first-order chi connectivity index (χ1) is 6.94. The van der Waals surface area contributed by atoms with E-state index in [0.29, 0.717) is 5.82 Å². The third kappa shape index (κ3) is 2.75. The molecule has 0 aromatic carbocycles. The van der Waals surface area contributed by atoms with Gasteiger partial charge in [0.05, 0.1) is 0 Å². The number of carbonyl (C=O) groups excluding carboxylic acids is 1. The molecule has 0 aliphatic rings. The third-order valence-electron chi connectivity index (χ3n) is 2.43. The maximum absolute atomic E-state index is 13.9. The number of nitrogens with zero attached hydrogens (tertiary/aromatic N) is 1. The van der Waals surface area contributed by atoms with Gasteiger partial charge in [-0.3, -0.25) is 4.79 Å². The largest absolute Gasteiger partial charge is 0.308 e. The molecule has 15 heavy (non-hydrogen) atoms. The van der Waals surface area contributed by atoms with Crippen LogP contribution in [0.15, 0.2) is 24.4 Å². The number of aromatic nitrogens is 1. The summed E-state index contributed by atoms with van der Waals surface area (Å²) in [5, 5.41) is 2.44. The number of anilines is 1. The van der Waals surface area contributed by atoms with Crippen LogP contribution in [-0.2, 0) is 4.79 Å². The van der Waals surface area contributed by atoms with Gasteiger partial charge < -0.3 is 5.32 Å². The van der Waals surface area contributed by atoms with Crippen LogP contribution in [0.3, 0.4) is 0 Å². The molecule has 0 bridgehead atoms. The highest BCUT2D eigenvalue weighted by molar-refractivity contribution is 5.96. The predicted octanol–water partition coefficient (Wildman–Crippen LogP) is 2.40. The van der Waals surface area contributed by atoms with Crippen molar-refractivity contribution in [2.75, 3.05) is 5.32 Å². The van der Waals surface area contributed by atoms with Crippen LogP contribution in [0.4, 0.5) is 10.2 Å². The summed E-state index contributed by atoms with van der Waals surface area (Å²) in [6.07, 6.45) is 1.54. The number of nitrogens with one attached hydrogen (secondary N) is 1. The second kappa shape index (κ2) is 4.38. The lowest BCUT2D eigenvalue weighted by Crippen LogP contribution is -2.40. The van der Waals surface area contributed by atoms with Gasteiger partial charge in [0.2, 0.25) is 0 Å². The van der Waals surface area contributed by atoms with E-state index in [0.717, 1.165) is 0 Å². The molecule has 0 radical (unpaired) electrons. The van der Waals surface area contributed by atoms with Crippen LogP contribution in [0.25, 0.3) is 0 Å². The van der Waals surface area contributed by atoms with Gasteiger partial charge in [0.15, 0.2) is 5.67 Å². The first kappa shape index (κ1) is 11.6. The van der Waals surface area contributed by atoms with Crippen molar-refractivity contribution in [3.05, 3.63) is 24.4 Å². The summed E-state index contributed by atoms with van der Waals surface area (Å²) in [6.45, 7) is 4.60. The number of hydrogen-bond acceptors (Lipinski definition) is 2. The highest BCUT2D eigenvalue weighted by Gasteiger charge is 2.36. The Labute approximate surface area is 88.7 Å². The summed E-state index contributed by atoms with van der Waals surface area (Å²) >= 11 is 0. The molecule has 0 aliphatic carbocycles. The van der Waals surface area contributed by atoms with E-state index >= 15 is 0 Å². The van der Waals surface area contributed by atoms with Crippen molar-refractivity contribution in [1.29, 1.82) is 0 Å². The minimum Gasteiger partial charge on any atom is -0.308 e. The number of carbonyl (C=O) groups is 1. The van der Waals surface area contributed by atoms with Crippen molar-refractivity contribution >= 4 is 11.7 Å². The van der Waals surface area contributed by atoms with Gasteiger partial charge >= 0.3 is 0 Å². The number of halogens is 1. The first-order valence-corrected chi connectivity index (χ1v) is 4.86. The number of pyridine rings is 1. The van der Waals surface area contributed by atoms with E-state index in [1.54, 1.807) is 38.2 Å². The average molecular weight is 210 g/mol. The molecule has 0 fully saturated rings. The first-order valence-electron chi connectivity index (χ1n) is 4.86. The van der Waals surface area contributed by atoms with Crippen LogP contribution in [0.1, 0.15) is 20.8 Å². The summed E-state index contributed by atoms with van der Waals surface area (Å²) in [5.41, 5.74) is -1.88. The molecule has 0 aliphatic heterocycles. The molecule has 1 aromatic rings. The minimum absolute atomic E-state index is 0.368. The Bertz CT molecular complexity index is 336. The van der Waals surface area contributed by atoms with Gasteiger partial charge in [0.25, 0.3) is 5.91 Å². The van der Waals surface area contributed by atoms with Crippen LogP contribution >= 0.6 is 0 Å². The maximum atomic E-state index is 13.9. The standard InChI is InChI=1S/C11H15FN2O/c1-8(2)11(3,12)10(15)14-9-6-4-5-7-13-9/h4-8H,1-3H3,(H,13,14,15). The molecular formula is C11H15FN2O.